The Bertz CT molecular complexity index is 3320. The SMILES string of the molecule is C.C.C=C1C[C@H](C)C[C@@H]2CC=C[C@@H](C/C=C\C(=O)N[C@H](C/C=C/[C@@H]3CC(C)=CCO3)C/C=C/[C@@H](O)C1)O2.C=C1C[C@H](C)C[C@@H]2CC=C[C@@H](C/C=C\C(=O)N[C@H]([C@@H](O)/C=C/[C@@H]3CC(C)=CCO3)C/C=C/[C@@H](O)C1)O2.C=C1C[C@H](C)C[C@@H]2CC=C[C@@H](C/C=C\C(=O)N[C@H]([C@H](/C=C/[C@@H]3CC(C)=CCO3)OC)C/C=C/[C@@H](O)C1)O2. The Labute approximate surface area is 661 Å². The van der Waals surface area contributed by atoms with E-state index < -0.39 is 30.5 Å². The summed E-state index contributed by atoms with van der Waals surface area (Å²) in [5.41, 5.74) is 7.02. The third-order valence-corrected chi connectivity index (χ3v) is 20.6. The van der Waals surface area contributed by atoms with Crippen LogP contribution in [0.4, 0.5) is 0 Å². The zero-order chi connectivity index (χ0) is 77.6. The van der Waals surface area contributed by atoms with Gasteiger partial charge in [0.15, 0.2) is 0 Å². The number of hydrogen-bond acceptors (Lipinski definition) is 14. The Hall–Kier alpha value is -6.71. The molecule has 6 bridgehead atoms. The average Bonchev–Trinajstić information content (AvgIpc) is 0.893. The number of rotatable bonds is 10. The summed E-state index contributed by atoms with van der Waals surface area (Å²) in [5, 5.41) is 51.6. The molecule has 0 spiro atoms. The van der Waals surface area contributed by atoms with E-state index in [1.807, 2.05) is 60.8 Å². The van der Waals surface area contributed by atoms with Gasteiger partial charge >= 0.3 is 0 Å². The first-order valence-electron chi connectivity index (χ1n) is 39.9. The van der Waals surface area contributed by atoms with E-state index in [0.29, 0.717) is 102 Å². The molecule has 0 aromatic heterocycles. The molecule has 0 saturated carbocycles. The number of amides is 3. The fourth-order valence-electron chi connectivity index (χ4n) is 15.1. The number of carbonyl (C=O) groups is 3. The molecule has 20 atom stereocenters. The Balaban J connectivity index is 0.000000293. The van der Waals surface area contributed by atoms with Gasteiger partial charge in [-0.05, 0) is 198 Å². The van der Waals surface area contributed by atoms with Crippen LogP contribution in [0.5, 0.6) is 0 Å². The molecule has 610 valence electrons. The molecule has 0 fully saturated rings. The van der Waals surface area contributed by atoms with Gasteiger partial charge in [0.25, 0.3) is 0 Å². The first-order chi connectivity index (χ1) is 52.0. The van der Waals surface area contributed by atoms with Crippen molar-refractivity contribution in [1.29, 1.82) is 0 Å². The van der Waals surface area contributed by atoms with Crippen LogP contribution in [0.15, 0.2) is 217 Å². The van der Waals surface area contributed by atoms with Gasteiger partial charge in [-0.2, -0.15) is 0 Å². The van der Waals surface area contributed by atoms with Crippen molar-refractivity contribution in [1.82, 2.24) is 16.0 Å². The number of fused-ring (bicyclic) bond motifs is 6. The minimum absolute atomic E-state index is 0. The van der Waals surface area contributed by atoms with Gasteiger partial charge in [0, 0.05) is 13.2 Å². The largest absolute Gasteiger partial charge is 0.389 e. The van der Waals surface area contributed by atoms with Gasteiger partial charge in [-0.15, -0.1) is 0 Å². The van der Waals surface area contributed by atoms with Crippen molar-refractivity contribution in [3.63, 3.8) is 0 Å². The molecule has 17 nitrogen and oxygen atoms in total. The summed E-state index contributed by atoms with van der Waals surface area (Å²) in [6, 6.07) is -0.914. The van der Waals surface area contributed by atoms with Gasteiger partial charge in [-0.1, -0.05) is 235 Å². The van der Waals surface area contributed by atoms with E-state index in [1.165, 1.54) is 22.8 Å². The first-order valence-corrected chi connectivity index (χ1v) is 39.9. The molecule has 0 saturated heterocycles. The van der Waals surface area contributed by atoms with E-state index in [-0.39, 0.29) is 106 Å². The summed E-state index contributed by atoms with van der Waals surface area (Å²) in [7, 11) is 1.64. The molecule has 0 aromatic rings. The van der Waals surface area contributed by atoms with E-state index in [1.54, 1.807) is 37.5 Å². The third kappa shape index (κ3) is 38.2. The van der Waals surface area contributed by atoms with Crippen LogP contribution in [0.25, 0.3) is 0 Å². The standard InChI is InChI=1S/C31H45NO5.C30H43NO5.C30H43NO4.2CH4/c1-22-16-17-36-27(20-22)14-15-30(35-4)29-12-5-8-25(33)19-23(2)18-24(3)21-28-11-6-9-26(37-28)10-7-13-31(34)32-29;1-21-15-16-35-26(19-21)13-14-29(33)28-11-4-7-24(32)18-22(2)17-23(3)20-27-10-5-8-25(36-27)9-6-12-30(34)31-28;1-22-16-17-34-28(20-22)13-5-9-25-8-4-10-26(32)19-23(2)18-24(3)21-29-14-6-11-27(35-29)12-7-15-30(33)31-25;;/h5-9,13-16,24-30,33H,2,10-12,17-21H2,1,3-4H3,(H,32,34);4-8,12-15,23-29,32-33H,2,9-11,16-20H2,1,3H3,(H,31,34);4-7,10-11,13,15-16,24-29,32H,2,8-9,12,14,17-21H2,1,3H3,(H,31,33);2*1H4/b8-5+,13-7-,15-14+;7-4+,12-6-,14-13+;10-4+,13-5+,15-7-;;/t24-,25+,26-,27+,28-,29-,30-;23-,24+,25-,26+,27-,28-,29-;24-,25-,26+,27-,28+,29-;;/m000../s1. The molecule has 7 N–H and O–H groups in total. The van der Waals surface area contributed by atoms with E-state index in [9.17, 15) is 34.8 Å². The van der Waals surface area contributed by atoms with Crippen molar-refractivity contribution in [3.05, 3.63) is 217 Å². The monoisotopic (exact) mass is 1520 g/mol. The second kappa shape index (κ2) is 51.8. The third-order valence-electron chi connectivity index (χ3n) is 20.6. The number of aliphatic hydroxyl groups is 4. The summed E-state index contributed by atoms with van der Waals surface area (Å²) in [5.74, 6) is 0.719. The lowest BCUT2D eigenvalue weighted by Gasteiger charge is -2.28. The van der Waals surface area contributed by atoms with Gasteiger partial charge in [0.05, 0.1) is 117 Å². The fourth-order valence-corrected chi connectivity index (χ4v) is 15.1. The quantitative estimate of drug-likeness (QED) is 0.101. The van der Waals surface area contributed by atoms with E-state index in [2.05, 4.69) is 144 Å². The zero-order valence-corrected chi connectivity index (χ0v) is 65.8. The fraction of sp³-hybridized carbons (Fsp3) is 0.581. The molecule has 9 aliphatic rings. The molecule has 0 unspecified atom stereocenters. The molecule has 9 rings (SSSR count). The highest BCUT2D eigenvalue weighted by Crippen LogP contribution is 2.30. The van der Waals surface area contributed by atoms with Crippen LogP contribution >= 0.6 is 0 Å². The Kier molecular flexibility index (Phi) is 44.2. The van der Waals surface area contributed by atoms with Gasteiger partial charge in [-0.3, -0.25) is 14.4 Å². The number of hydrogen-bond donors (Lipinski definition) is 7. The van der Waals surface area contributed by atoms with Crippen molar-refractivity contribution in [2.75, 3.05) is 26.9 Å². The van der Waals surface area contributed by atoms with Crippen LogP contribution in [0, 0.1) is 17.8 Å². The average molecular weight is 1520 g/mol. The maximum Gasteiger partial charge on any atom is 0.243 e. The Morgan fingerprint density at radius 2 is 0.809 bits per heavy atom. The lowest BCUT2D eigenvalue weighted by atomic mass is 9.91. The number of nitrogens with one attached hydrogen (secondary N) is 3. The minimum atomic E-state index is -0.897. The Morgan fingerprint density at radius 1 is 0.455 bits per heavy atom. The lowest BCUT2D eigenvalue weighted by Crippen LogP contribution is -2.42. The summed E-state index contributed by atoms with van der Waals surface area (Å²) >= 11 is 0. The molecule has 0 radical (unpaired) electrons. The summed E-state index contributed by atoms with van der Waals surface area (Å²) in [6.45, 7) is 27.3. The molecule has 0 aromatic carbocycles. The van der Waals surface area contributed by atoms with Crippen LogP contribution in [0.2, 0.25) is 0 Å². The smallest absolute Gasteiger partial charge is 0.243 e. The summed E-state index contributed by atoms with van der Waals surface area (Å²) < 4.78 is 41.8. The summed E-state index contributed by atoms with van der Waals surface area (Å²) in [4.78, 5) is 38.1. The number of carbonyl (C=O) groups excluding carboxylic acids is 3. The predicted molar refractivity (Wildman–Crippen MR) is 447 cm³/mol. The van der Waals surface area contributed by atoms with E-state index >= 15 is 0 Å². The molecule has 9 aliphatic heterocycles. The maximum absolute atomic E-state index is 12.8. The zero-order valence-electron chi connectivity index (χ0n) is 65.8. The van der Waals surface area contributed by atoms with Crippen molar-refractivity contribution in [2.24, 2.45) is 17.8 Å². The number of aliphatic hydroxyl groups excluding tert-OH is 4. The predicted octanol–water partition coefficient (Wildman–Crippen LogP) is 16.4. The van der Waals surface area contributed by atoms with Crippen LogP contribution < -0.4 is 16.0 Å². The summed E-state index contributed by atoms with van der Waals surface area (Å²) in [6.07, 6.45) is 65.9. The van der Waals surface area contributed by atoms with Crippen LogP contribution in [0.1, 0.15) is 198 Å². The van der Waals surface area contributed by atoms with Gasteiger partial charge in [0.2, 0.25) is 17.7 Å². The van der Waals surface area contributed by atoms with E-state index in [4.69, 9.17) is 33.2 Å². The van der Waals surface area contributed by atoms with Crippen molar-refractivity contribution in [3.8, 4) is 0 Å². The lowest BCUT2D eigenvalue weighted by molar-refractivity contribution is -0.118. The van der Waals surface area contributed by atoms with Crippen LogP contribution in [-0.2, 0) is 47.5 Å². The number of methoxy groups -OCH3 is 1. The van der Waals surface area contributed by atoms with Crippen LogP contribution in [0.3, 0.4) is 0 Å². The second-order valence-corrected chi connectivity index (χ2v) is 31.4. The highest BCUT2D eigenvalue weighted by atomic mass is 16.5. The van der Waals surface area contributed by atoms with Crippen molar-refractivity contribution in [2.45, 2.75) is 301 Å². The minimum Gasteiger partial charge on any atom is -0.389 e. The molecule has 9 heterocycles. The van der Waals surface area contributed by atoms with Gasteiger partial charge < -0.3 is 69.5 Å². The number of ether oxygens (including phenoxy) is 7. The van der Waals surface area contributed by atoms with Crippen LogP contribution in [-0.4, -0.2) is 169 Å². The molecular weight excluding hydrogens is 1380 g/mol. The second-order valence-electron chi connectivity index (χ2n) is 31.4. The van der Waals surface area contributed by atoms with Crippen molar-refractivity contribution >= 4 is 17.7 Å². The van der Waals surface area contributed by atoms with Crippen molar-refractivity contribution < 1.29 is 68.0 Å². The maximum atomic E-state index is 12.8. The Morgan fingerprint density at radius 3 is 1.21 bits per heavy atom. The molecule has 0 aliphatic carbocycles. The first kappa shape index (κ1) is 93.9. The molecule has 17 heteroatoms. The topological polar surface area (TPSA) is 233 Å². The molecule has 110 heavy (non-hydrogen) atoms. The molecule has 3 amide bonds. The van der Waals surface area contributed by atoms with E-state index in [0.717, 1.165) is 93.8 Å². The van der Waals surface area contributed by atoms with Gasteiger partial charge in [0.1, 0.15) is 0 Å². The van der Waals surface area contributed by atoms with Gasteiger partial charge in [-0.25, -0.2) is 0 Å². The molecular formula is C93H139N3O14. The highest BCUT2D eigenvalue weighted by molar-refractivity contribution is 5.88. The normalized spacial score (nSPS) is 34.9. The highest BCUT2D eigenvalue weighted by Gasteiger charge is 2.27.